The van der Waals surface area contributed by atoms with Crippen LogP contribution in [0.15, 0.2) is 53.0 Å². The third-order valence-electron chi connectivity index (χ3n) is 3.98. The van der Waals surface area contributed by atoms with Crippen molar-refractivity contribution in [1.82, 2.24) is 4.57 Å². The molecule has 1 nitrogen and oxygen atoms in total. The van der Waals surface area contributed by atoms with Crippen molar-refractivity contribution in [1.29, 1.82) is 0 Å². The Morgan fingerprint density at radius 1 is 1.05 bits per heavy atom. The van der Waals surface area contributed by atoms with E-state index in [4.69, 9.17) is 0 Å². The largest absolute Gasteiger partial charge is 0.344 e. The number of aromatic nitrogens is 1. The number of rotatable bonds is 5. The summed E-state index contributed by atoms with van der Waals surface area (Å²) in [6.45, 7) is 3.18. The predicted molar refractivity (Wildman–Crippen MR) is 93.8 cm³/mol. The molecule has 3 aromatic rings. The van der Waals surface area contributed by atoms with Gasteiger partial charge in [-0.2, -0.15) is 0 Å². The van der Waals surface area contributed by atoms with E-state index < -0.39 is 0 Å². The van der Waals surface area contributed by atoms with Crippen molar-refractivity contribution in [3.63, 3.8) is 0 Å². The van der Waals surface area contributed by atoms with Crippen LogP contribution in [-0.4, -0.2) is 4.57 Å². The number of hydrogen-bond donors (Lipinski definition) is 0. The molecule has 2 aromatic carbocycles. The molecule has 0 atom stereocenters. The number of benzene rings is 2. The van der Waals surface area contributed by atoms with Crippen molar-refractivity contribution in [2.45, 2.75) is 32.7 Å². The number of halogens is 2. The molecule has 0 aliphatic rings. The fourth-order valence-corrected chi connectivity index (χ4v) is 3.10. The molecule has 0 spiro atoms. The first kappa shape index (κ1) is 15.3. The van der Waals surface area contributed by atoms with Crippen molar-refractivity contribution in [3.05, 3.63) is 70.1 Å². The van der Waals surface area contributed by atoms with E-state index in [1.807, 2.05) is 6.07 Å². The molecule has 0 N–H and O–H groups in total. The maximum atomic E-state index is 13.5. The molecule has 0 saturated heterocycles. The summed E-state index contributed by atoms with van der Waals surface area (Å²) in [7, 11) is 0. The van der Waals surface area contributed by atoms with Gasteiger partial charge in [0.15, 0.2) is 0 Å². The normalized spacial score (nSPS) is 11.2. The van der Waals surface area contributed by atoms with Crippen molar-refractivity contribution >= 4 is 26.8 Å². The number of fused-ring (bicyclic) bond motifs is 1. The van der Waals surface area contributed by atoms with Gasteiger partial charge in [-0.3, -0.25) is 0 Å². The molecule has 0 bridgehead atoms. The van der Waals surface area contributed by atoms with Crippen LogP contribution in [0.4, 0.5) is 4.39 Å². The van der Waals surface area contributed by atoms with Gasteiger partial charge in [0, 0.05) is 34.0 Å². The van der Waals surface area contributed by atoms with E-state index >= 15 is 0 Å². The molecule has 0 aliphatic heterocycles. The highest BCUT2D eigenvalue weighted by Gasteiger charge is 2.10. The number of unbranched alkanes of at least 4 members (excludes halogenated alkanes) is 1. The summed E-state index contributed by atoms with van der Waals surface area (Å²) in [5, 5.41) is 0.989. The third kappa shape index (κ3) is 3.25. The maximum Gasteiger partial charge on any atom is 0.123 e. The molecular weight excluding hydrogens is 341 g/mol. The lowest BCUT2D eigenvalue weighted by molar-refractivity contribution is 0.624. The number of nitrogens with zero attached hydrogens (tertiary/aromatic N) is 1. The summed E-state index contributed by atoms with van der Waals surface area (Å²) in [6.07, 6.45) is 3.15. The lowest BCUT2D eigenvalue weighted by atomic mass is 10.1. The zero-order valence-corrected chi connectivity index (χ0v) is 14.2. The summed E-state index contributed by atoms with van der Waals surface area (Å²) in [5.74, 6) is -0.171. The predicted octanol–water partition coefficient (Wildman–Crippen LogP) is 5.93. The van der Waals surface area contributed by atoms with Crippen molar-refractivity contribution in [2.24, 2.45) is 0 Å². The Morgan fingerprint density at radius 2 is 1.82 bits per heavy atom. The smallest absolute Gasteiger partial charge is 0.123 e. The molecule has 0 amide bonds. The third-order valence-corrected chi connectivity index (χ3v) is 4.51. The summed E-state index contributed by atoms with van der Waals surface area (Å²) in [6, 6.07) is 15.6. The van der Waals surface area contributed by atoms with Gasteiger partial charge in [-0.25, -0.2) is 4.39 Å². The van der Waals surface area contributed by atoms with Gasteiger partial charge in [0.2, 0.25) is 0 Å². The average molecular weight is 360 g/mol. The molecule has 0 saturated carbocycles. The fourth-order valence-electron chi connectivity index (χ4n) is 2.84. The Hall–Kier alpha value is -1.61. The van der Waals surface area contributed by atoms with E-state index in [9.17, 15) is 4.39 Å². The van der Waals surface area contributed by atoms with E-state index in [1.54, 1.807) is 12.1 Å². The molecule has 0 unspecified atom stereocenters. The van der Waals surface area contributed by atoms with Crippen LogP contribution in [0.1, 0.15) is 31.0 Å². The van der Waals surface area contributed by atoms with Gasteiger partial charge < -0.3 is 4.57 Å². The van der Waals surface area contributed by atoms with Crippen molar-refractivity contribution in [2.75, 3.05) is 0 Å². The lowest BCUT2D eigenvalue weighted by Crippen LogP contribution is -2.03. The Bertz CT molecular complexity index is 774. The molecule has 0 aliphatic carbocycles. The first-order chi connectivity index (χ1) is 10.7. The van der Waals surface area contributed by atoms with E-state index in [-0.39, 0.29) is 5.82 Å². The van der Waals surface area contributed by atoms with E-state index in [1.165, 1.54) is 11.3 Å². The fraction of sp³-hybridized carbons (Fsp3) is 0.263. The maximum absolute atomic E-state index is 13.5. The molecule has 3 rings (SSSR count). The van der Waals surface area contributed by atoms with Crippen LogP contribution in [-0.2, 0) is 13.0 Å². The minimum Gasteiger partial charge on any atom is -0.344 e. The van der Waals surface area contributed by atoms with Gasteiger partial charge in [0.1, 0.15) is 5.82 Å². The van der Waals surface area contributed by atoms with Crippen LogP contribution in [0.3, 0.4) is 0 Å². The zero-order chi connectivity index (χ0) is 15.5. The van der Waals surface area contributed by atoms with Crippen LogP contribution >= 0.6 is 15.9 Å². The lowest BCUT2D eigenvalue weighted by Gasteiger charge is -2.10. The molecule has 0 fully saturated rings. The van der Waals surface area contributed by atoms with Crippen LogP contribution in [0.5, 0.6) is 0 Å². The van der Waals surface area contributed by atoms with Crippen LogP contribution in [0.2, 0.25) is 0 Å². The van der Waals surface area contributed by atoms with E-state index in [0.717, 1.165) is 41.2 Å². The highest BCUT2D eigenvalue weighted by atomic mass is 79.9. The Labute approximate surface area is 138 Å². The average Bonchev–Trinajstić information content (AvgIpc) is 2.83. The van der Waals surface area contributed by atoms with Gasteiger partial charge in [0.05, 0.1) is 0 Å². The Kier molecular flexibility index (Phi) is 4.63. The highest BCUT2D eigenvalue weighted by molar-refractivity contribution is 9.10. The SMILES string of the molecule is CCCCn1c(Cc2ccc(Br)cc2)cc2cc(F)ccc21. The summed E-state index contributed by atoms with van der Waals surface area (Å²) in [5.41, 5.74) is 3.64. The van der Waals surface area contributed by atoms with Crippen LogP contribution in [0.25, 0.3) is 10.9 Å². The summed E-state index contributed by atoms with van der Waals surface area (Å²) in [4.78, 5) is 0. The van der Waals surface area contributed by atoms with Crippen LogP contribution in [0, 0.1) is 5.82 Å². The molecule has 22 heavy (non-hydrogen) atoms. The molecule has 114 valence electrons. The monoisotopic (exact) mass is 359 g/mol. The molecule has 1 heterocycles. The van der Waals surface area contributed by atoms with Gasteiger partial charge in [0.25, 0.3) is 0 Å². The second-order valence-corrected chi connectivity index (χ2v) is 6.56. The van der Waals surface area contributed by atoms with Gasteiger partial charge in [-0.1, -0.05) is 41.4 Å². The molecular formula is C19H19BrFN. The second kappa shape index (κ2) is 6.66. The molecule has 3 heteroatoms. The second-order valence-electron chi connectivity index (χ2n) is 5.65. The topological polar surface area (TPSA) is 4.93 Å². The highest BCUT2D eigenvalue weighted by Crippen LogP contribution is 2.24. The van der Waals surface area contributed by atoms with E-state index in [0.29, 0.717) is 0 Å². The quantitative estimate of drug-likeness (QED) is 0.531. The Balaban J connectivity index is 2.00. The van der Waals surface area contributed by atoms with Crippen molar-refractivity contribution < 1.29 is 4.39 Å². The van der Waals surface area contributed by atoms with Gasteiger partial charge in [-0.15, -0.1) is 0 Å². The summed E-state index contributed by atoms with van der Waals surface area (Å²) < 4.78 is 16.9. The van der Waals surface area contributed by atoms with Crippen molar-refractivity contribution in [3.8, 4) is 0 Å². The Morgan fingerprint density at radius 3 is 2.55 bits per heavy atom. The number of hydrogen-bond acceptors (Lipinski definition) is 0. The molecule has 1 aromatic heterocycles. The minimum atomic E-state index is -0.171. The van der Waals surface area contributed by atoms with Crippen LogP contribution < -0.4 is 0 Å². The minimum absolute atomic E-state index is 0.171. The standard InChI is InChI=1S/C19H19BrFN/c1-2-3-10-22-18(11-14-4-6-16(20)7-5-14)13-15-12-17(21)8-9-19(15)22/h4-9,12-13H,2-3,10-11H2,1H3. The summed E-state index contributed by atoms with van der Waals surface area (Å²) >= 11 is 3.47. The van der Waals surface area contributed by atoms with E-state index in [2.05, 4.69) is 57.8 Å². The first-order valence-electron chi connectivity index (χ1n) is 7.69. The van der Waals surface area contributed by atoms with Gasteiger partial charge >= 0.3 is 0 Å². The zero-order valence-electron chi connectivity index (χ0n) is 12.7. The molecule has 0 radical (unpaired) electrons. The number of aryl methyl sites for hydroxylation is 1. The first-order valence-corrected chi connectivity index (χ1v) is 8.49. The van der Waals surface area contributed by atoms with Gasteiger partial charge in [-0.05, 0) is 48.4 Å².